The molecule has 3 aromatic rings. The average molecular weight is 481 g/mol. The van der Waals surface area contributed by atoms with Crippen molar-refractivity contribution in [2.24, 2.45) is 0 Å². The first kappa shape index (κ1) is 24.9. The monoisotopic (exact) mass is 480 g/mol. The Labute approximate surface area is 205 Å². The van der Waals surface area contributed by atoms with Gasteiger partial charge < -0.3 is 19.0 Å². The molecule has 0 aliphatic carbocycles. The number of amides is 1. The van der Waals surface area contributed by atoms with Gasteiger partial charge in [-0.3, -0.25) is 9.59 Å². The summed E-state index contributed by atoms with van der Waals surface area (Å²) >= 11 is 0. The van der Waals surface area contributed by atoms with Gasteiger partial charge >= 0.3 is 0 Å². The zero-order valence-corrected chi connectivity index (χ0v) is 20.7. The topological polar surface area (TPSA) is 63.0 Å². The van der Waals surface area contributed by atoms with Crippen molar-refractivity contribution in [3.8, 4) is 5.75 Å². The van der Waals surface area contributed by atoms with E-state index < -0.39 is 11.9 Å². The van der Waals surface area contributed by atoms with Crippen LogP contribution in [-0.4, -0.2) is 49.5 Å². The van der Waals surface area contributed by atoms with Crippen molar-refractivity contribution in [3.05, 3.63) is 75.4 Å². The minimum Gasteiger partial charge on any atom is -0.494 e. The standard InChI is InChI=1S/C28H33FN2O4/c1-4-5-6-7-17-34-21-12-9-19(10-13-21)25-24-26(32)22-18-20(29)11-14-23(22)35-27(24)28(33)31(25)16-8-15-30(2)3/h9-14,18,25H,4-8,15-17H2,1-3H3. The predicted molar refractivity (Wildman–Crippen MR) is 135 cm³/mol. The number of fused-ring (bicyclic) bond motifs is 2. The van der Waals surface area contributed by atoms with E-state index in [0.717, 1.165) is 37.1 Å². The highest BCUT2D eigenvalue weighted by molar-refractivity contribution is 5.99. The first-order chi connectivity index (χ1) is 16.9. The second kappa shape index (κ2) is 11.0. The molecule has 1 amide bonds. The van der Waals surface area contributed by atoms with Gasteiger partial charge in [-0.25, -0.2) is 4.39 Å². The zero-order chi connectivity index (χ0) is 24.9. The molecule has 1 aromatic heterocycles. The number of hydrogen-bond acceptors (Lipinski definition) is 5. The van der Waals surface area contributed by atoms with Crippen LogP contribution in [0, 0.1) is 5.82 Å². The van der Waals surface area contributed by atoms with E-state index in [1.54, 1.807) is 4.90 Å². The maximum atomic E-state index is 13.9. The number of halogens is 1. The lowest BCUT2D eigenvalue weighted by Crippen LogP contribution is -2.32. The second-order valence-electron chi connectivity index (χ2n) is 9.35. The van der Waals surface area contributed by atoms with Gasteiger partial charge in [0.2, 0.25) is 5.76 Å². The summed E-state index contributed by atoms with van der Waals surface area (Å²) in [4.78, 5) is 30.6. The molecule has 0 saturated heterocycles. The maximum Gasteiger partial charge on any atom is 0.290 e. The van der Waals surface area contributed by atoms with Gasteiger partial charge in [-0.2, -0.15) is 0 Å². The van der Waals surface area contributed by atoms with E-state index in [1.807, 2.05) is 38.4 Å². The van der Waals surface area contributed by atoms with E-state index in [9.17, 15) is 14.0 Å². The van der Waals surface area contributed by atoms with E-state index in [-0.39, 0.29) is 33.6 Å². The molecule has 35 heavy (non-hydrogen) atoms. The molecule has 0 spiro atoms. The van der Waals surface area contributed by atoms with Gasteiger partial charge in [-0.1, -0.05) is 38.3 Å². The fourth-order valence-corrected chi connectivity index (χ4v) is 4.59. The van der Waals surface area contributed by atoms with Crippen LogP contribution in [0.2, 0.25) is 0 Å². The maximum absolute atomic E-state index is 13.9. The lowest BCUT2D eigenvalue weighted by Gasteiger charge is -2.26. The lowest BCUT2D eigenvalue weighted by atomic mass is 9.98. The van der Waals surface area contributed by atoms with Crippen LogP contribution in [0.25, 0.3) is 11.0 Å². The van der Waals surface area contributed by atoms with Crippen LogP contribution in [0.4, 0.5) is 4.39 Å². The summed E-state index contributed by atoms with van der Waals surface area (Å²) in [6.07, 6.45) is 5.26. The van der Waals surface area contributed by atoms with Crippen molar-refractivity contribution < 1.29 is 18.3 Å². The Morgan fingerprint density at radius 3 is 2.51 bits per heavy atom. The van der Waals surface area contributed by atoms with E-state index in [0.29, 0.717) is 13.2 Å². The third-order valence-electron chi connectivity index (χ3n) is 6.39. The van der Waals surface area contributed by atoms with Crippen molar-refractivity contribution in [2.75, 3.05) is 33.8 Å². The molecule has 1 aliphatic rings. The summed E-state index contributed by atoms with van der Waals surface area (Å²) < 4.78 is 25.7. The Kier molecular flexibility index (Phi) is 7.86. The van der Waals surface area contributed by atoms with Gasteiger partial charge in [0.15, 0.2) is 5.43 Å². The summed E-state index contributed by atoms with van der Waals surface area (Å²) in [5.41, 5.74) is 0.907. The van der Waals surface area contributed by atoms with Crippen LogP contribution < -0.4 is 10.2 Å². The molecular formula is C28H33FN2O4. The van der Waals surface area contributed by atoms with Crippen LogP contribution in [0.15, 0.2) is 51.7 Å². The third kappa shape index (κ3) is 5.40. The molecule has 1 aliphatic heterocycles. The van der Waals surface area contributed by atoms with E-state index in [1.165, 1.54) is 31.0 Å². The van der Waals surface area contributed by atoms with E-state index in [4.69, 9.17) is 9.15 Å². The van der Waals surface area contributed by atoms with Crippen molar-refractivity contribution in [3.63, 3.8) is 0 Å². The summed E-state index contributed by atoms with van der Waals surface area (Å²) in [5.74, 6) is -0.0426. The van der Waals surface area contributed by atoms with Crippen LogP contribution in [-0.2, 0) is 0 Å². The Hall–Kier alpha value is -3.19. The Balaban J connectivity index is 1.67. The van der Waals surface area contributed by atoms with Gasteiger partial charge in [0.1, 0.15) is 17.1 Å². The highest BCUT2D eigenvalue weighted by atomic mass is 19.1. The molecule has 0 N–H and O–H groups in total. The normalized spacial score (nSPS) is 15.3. The number of hydrogen-bond donors (Lipinski definition) is 0. The van der Waals surface area contributed by atoms with Gasteiger partial charge in [0.05, 0.1) is 23.6 Å². The quantitative estimate of drug-likeness (QED) is 0.345. The van der Waals surface area contributed by atoms with E-state index in [2.05, 4.69) is 11.8 Å². The number of unbranched alkanes of at least 4 members (excludes halogenated alkanes) is 3. The molecular weight excluding hydrogens is 447 g/mol. The number of nitrogens with zero attached hydrogens (tertiary/aromatic N) is 2. The fourth-order valence-electron chi connectivity index (χ4n) is 4.59. The van der Waals surface area contributed by atoms with Gasteiger partial charge in [-0.05, 0) is 69.4 Å². The van der Waals surface area contributed by atoms with Crippen molar-refractivity contribution in [2.45, 2.75) is 45.1 Å². The van der Waals surface area contributed by atoms with Gasteiger partial charge in [0.25, 0.3) is 5.91 Å². The number of carbonyl (C=O) groups is 1. The minimum atomic E-state index is -0.595. The highest BCUT2D eigenvalue weighted by Gasteiger charge is 2.42. The first-order valence-corrected chi connectivity index (χ1v) is 12.4. The SMILES string of the molecule is CCCCCCOc1ccc(C2c3c(oc4ccc(F)cc4c3=O)C(=O)N2CCCN(C)C)cc1. The Morgan fingerprint density at radius 1 is 1.03 bits per heavy atom. The third-order valence-corrected chi connectivity index (χ3v) is 6.39. The minimum absolute atomic E-state index is 0.0419. The van der Waals surface area contributed by atoms with Crippen LogP contribution in [0.3, 0.4) is 0 Å². The largest absolute Gasteiger partial charge is 0.494 e. The van der Waals surface area contributed by atoms with Crippen molar-refractivity contribution >= 4 is 16.9 Å². The van der Waals surface area contributed by atoms with E-state index >= 15 is 0 Å². The predicted octanol–water partition coefficient (Wildman–Crippen LogP) is 5.39. The highest BCUT2D eigenvalue weighted by Crippen LogP contribution is 2.38. The van der Waals surface area contributed by atoms with Crippen LogP contribution in [0.5, 0.6) is 5.75 Å². The molecule has 1 unspecified atom stereocenters. The van der Waals surface area contributed by atoms with Gasteiger partial charge in [-0.15, -0.1) is 0 Å². The van der Waals surface area contributed by atoms with Crippen LogP contribution in [0.1, 0.15) is 66.8 Å². The number of ether oxygens (including phenoxy) is 1. The zero-order valence-electron chi connectivity index (χ0n) is 20.7. The summed E-state index contributed by atoms with van der Waals surface area (Å²) in [7, 11) is 3.96. The second-order valence-corrected chi connectivity index (χ2v) is 9.35. The molecule has 0 radical (unpaired) electrons. The molecule has 4 rings (SSSR count). The van der Waals surface area contributed by atoms with Gasteiger partial charge in [0, 0.05) is 6.54 Å². The molecule has 6 nitrogen and oxygen atoms in total. The number of benzene rings is 2. The lowest BCUT2D eigenvalue weighted by molar-refractivity contribution is 0.0722. The summed E-state index contributed by atoms with van der Waals surface area (Å²) in [6, 6.07) is 10.7. The molecule has 2 heterocycles. The summed E-state index contributed by atoms with van der Waals surface area (Å²) in [6.45, 7) is 4.09. The molecule has 0 saturated carbocycles. The molecule has 186 valence electrons. The molecule has 0 bridgehead atoms. The van der Waals surface area contributed by atoms with Crippen molar-refractivity contribution in [1.82, 2.24) is 9.80 Å². The molecule has 7 heteroatoms. The summed E-state index contributed by atoms with van der Waals surface area (Å²) in [5, 5.41) is 0.142. The number of rotatable bonds is 11. The van der Waals surface area contributed by atoms with Crippen molar-refractivity contribution in [1.29, 1.82) is 0 Å². The first-order valence-electron chi connectivity index (χ1n) is 12.4. The average Bonchev–Trinajstić information content (AvgIpc) is 3.11. The molecule has 0 fully saturated rings. The smallest absolute Gasteiger partial charge is 0.290 e. The Bertz CT molecular complexity index is 1240. The molecule has 1 atom stereocenters. The van der Waals surface area contributed by atoms with Crippen LogP contribution >= 0.6 is 0 Å². The fraction of sp³-hybridized carbons (Fsp3) is 0.429. The Morgan fingerprint density at radius 2 is 1.80 bits per heavy atom. The number of carbonyl (C=O) groups excluding carboxylic acids is 1. The molecule has 2 aromatic carbocycles.